The number of benzene rings is 1. The predicted octanol–water partition coefficient (Wildman–Crippen LogP) is 3.26. The smallest absolute Gasteiger partial charge is 0.206 e. The molecule has 0 saturated carbocycles. The summed E-state index contributed by atoms with van der Waals surface area (Å²) in [4.78, 5) is 0. The van der Waals surface area contributed by atoms with Gasteiger partial charge in [-0.15, -0.1) is 0 Å². The van der Waals surface area contributed by atoms with E-state index in [-0.39, 0.29) is 11.4 Å². The highest BCUT2D eigenvalue weighted by molar-refractivity contribution is 5.80. The summed E-state index contributed by atoms with van der Waals surface area (Å²) >= 11 is 0. The monoisotopic (exact) mass is 309 g/mol. The lowest BCUT2D eigenvalue weighted by atomic mass is 9.87. The number of guanidine groups is 1. The number of hydrazone groups is 1. The molecule has 23 heavy (non-hydrogen) atoms. The molecule has 1 heterocycles. The Morgan fingerprint density at radius 2 is 1.91 bits per heavy atom. The van der Waals surface area contributed by atoms with Crippen LogP contribution in [0.4, 0.5) is 0 Å². The fourth-order valence-corrected chi connectivity index (χ4v) is 2.11. The molecule has 2 aromatic rings. The Bertz CT molecular complexity index is 715. The third kappa shape index (κ3) is 4.85. The summed E-state index contributed by atoms with van der Waals surface area (Å²) in [7, 11) is 0. The fraction of sp³-hybridized carbons (Fsp3) is 0.222. The summed E-state index contributed by atoms with van der Waals surface area (Å²) in [6, 6.07) is 10.6. The number of nitrogens with zero attached hydrogens (tertiary/aromatic N) is 2. The molecule has 1 aromatic carbocycles. The second-order valence-electron chi connectivity index (χ2n) is 6.31. The van der Waals surface area contributed by atoms with Crippen LogP contribution in [0.3, 0.4) is 0 Å². The van der Waals surface area contributed by atoms with Crippen LogP contribution in [0, 0.1) is 5.41 Å². The molecule has 2 rings (SSSR count). The molecule has 0 spiro atoms. The average Bonchev–Trinajstić information content (AvgIpc) is 2.95. The van der Waals surface area contributed by atoms with Crippen molar-refractivity contribution in [1.29, 1.82) is 5.41 Å². The van der Waals surface area contributed by atoms with E-state index in [9.17, 15) is 0 Å². The second kappa shape index (κ2) is 6.96. The van der Waals surface area contributed by atoms with E-state index >= 15 is 0 Å². The highest BCUT2D eigenvalue weighted by Gasteiger charge is 2.12. The standard InChI is InChI=1S/C18H23N5/c1-18(2,3)15-6-8-16(9-7-15)23-12-10-14(13-23)5-4-11-21-22-17(19)20/h4-13H,1-3H3,(H4,19,20,22)/b5-4+,21-11+. The van der Waals surface area contributed by atoms with Gasteiger partial charge in [-0.05, 0) is 40.8 Å². The Morgan fingerprint density at radius 3 is 2.52 bits per heavy atom. The van der Waals surface area contributed by atoms with Crippen LogP contribution in [0.2, 0.25) is 0 Å². The van der Waals surface area contributed by atoms with E-state index in [2.05, 4.69) is 66.3 Å². The first-order valence-corrected chi connectivity index (χ1v) is 7.45. The van der Waals surface area contributed by atoms with E-state index < -0.39 is 0 Å². The molecule has 0 aliphatic rings. The van der Waals surface area contributed by atoms with Crippen LogP contribution < -0.4 is 11.2 Å². The SMILES string of the molecule is CC(C)(C)c1ccc(-n2ccc(/C=C/C=N/NC(=N)N)c2)cc1. The van der Waals surface area contributed by atoms with Gasteiger partial charge in [-0.2, -0.15) is 5.10 Å². The Hall–Kier alpha value is -2.82. The quantitative estimate of drug-likeness (QED) is 0.460. The van der Waals surface area contributed by atoms with Crippen LogP contribution in [-0.2, 0) is 5.41 Å². The molecule has 5 nitrogen and oxygen atoms in total. The van der Waals surface area contributed by atoms with E-state index in [4.69, 9.17) is 11.1 Å². The van der Waals surface area contributed by atoms with Crippen molar-refractivity contribution in [2.24, 2.45) is 10.8 Å². The third-order valence-corrected chi connectivity index (χ3v) is 3.38. The van der Waals surface area contributed by atoms with Gasteiger partial charge in [0, 0.05) is 24.3 Å². The molecule has 0 aliphatic heterocycles. The van der Waals surface area contributed by atoms with Gasteiger partial charge in [0.05, 0.1) is 0 Å². The largest absolute Gasteiger partial charge is 0.369 e. The van der Waals surface area contributed by atoms with Gasteiger partial charge in [-0.1, -0.05) is 39.0 Å². The zero-order chi connectivity index (χ0) is 16.9. The van der Waals surface area contributed by atoms with Crippen molar-refractivity contribution in [3.63, 3.8) is 0 Å². The third-order valence-electron chi connectivity index (χ3n) is 3.38. The summed E-state index contributed by atoms with van der Waals surface area (Å²) in [6.07, 6.45) is 9.35. The van der Waals surface area contributed by atoms with E-state index in [0.717, 1.165) is 11.3 Å². The van der Waals surface area contributed by atoms with Crippen molar-refractivity contribution in [3.05, 3.63) is 59.9 Å². The molecule has 0 aliphatic carbocycles. The molecule has 0 atom stereocenters. The lowest BCUT2D eigenvalue weighted by Gasteiger charge is -2.19. The first-order chi connectivity index (χ1) is 10.9. The van der Waals surface area contributed by atoms with Gasteiger partial charge in [0.25, 0.3) is 0 Å². The van der Waals surface area contributed by atoms with Crippen LogP contribution in [-0.4, -0.2) is 16.7 Å². The van der Waals surface area contributed by atoms with Crippen molar-refractivity contribution in [2.75, 3.05) is 0 Å². The molecular weight excluding hydrogens is 286 g/mol. The van der Waals surface area contributed by atoms with Gasteiger partial charge in [-0.3, -0.25) is 5.41 Å². The zero-order valence-electron chi connectivity index (χ0n) is 13.7. The minimum Gasteiger partial charge on any atom is -0.369 e. The Kier molecular flexibility index (Phi) is 5.01. The highest BCUT2D eigenvalue weighted by atomic mass is 15.3. The molecular formula is C18H23N5. The number of rotatable bonds is 4. The summed E-state index contributed by atoms with van der Waals surface area (Å²) in [5, 5.41) is 10.7. The number of hydrogen-bond acceptors (Lipinski definition) is 2. The van der Waals surface area contributed by atoms with Crippen LogP contribution in [0.5, 0.6) is 0 Å². The van der Waals surface area contributed by atoms with Crippen LogP contribution in [0.25, 0.3) is 11.8 Å². The summed E-state index contributed by atoms with van der Waals surface area (Å²) in [5.74, 6) is -0.181. The van der Waals surface area contributed by atoms with Gasteiger partial charge < -0.3 is 10.3 Å². The zero-order valence-corrected chi connectivity index (χ0v) is 13.7. The number of nitrogens with two attached hydrogens (primary N) is 1. The lowest BCUT2D eigenvalue weighted by molar-refractivity contribution is 0.590. The van der Waals surface area contributed by atoms with Crippen molar-refractivity contribution < 1.29 is 0 Å². The van der Waals surface area contributed by atoms with Gasteiger partial charge >= 0.3 is 0 Å². The summed E-state index contributed by atoms with van der Waals surface area (Å²) < 4.78 is 2.08. The maximum Gasteiger partial charge on any atom is 0.206 e. The van der Waals surface area contributed by atoms with Crippen molar-refractivity contribution in [3.8, 4) is 5.69 Å². The molecule has 0 amide bonds. The van der Waals surface area contributed by atoms with Crippen molar-refractivity contribution >= 4 is 18.3 Å². The number of nitrogens with one attached hydrogen (secondary N) is 2. The van der Waals surface area contributed by atoms with E-state index in [0.29, 0.717) is 0 Å². The molecule has 5 heteroatoms. The van der Waals surface area contributed by atoms with E-state index in [1.54, 1.807) is 12.3 Å². The Balaban J connectivity index is 2.06. The van der Waals surface area contributed by atoms with Crippen LogP contribution in [0.1, 0.15) is 31.9 Å². The minimum atomic E-state index is -0.181. The molecule has 0 fully saturated rings. The molecule has 0 saturated heterocycles. The molecule has 1 aromatic heterocycles. The van der Waals surface area contributed by atoms with Gasteiger partial charge in [-0.25, -0.2) is 5.43 Å². The fourth-order valence-electron chi connectivity index (χ4n) is 2.11. The molecule has 0 bridgehead atoms. The Labute approximate surface area is 137 Å². The topological polar surface area (TPSA) is 79.2 Å². The second-order valence-corrected chi connectivity index (χ2v) is 6.31. The number of hydrogen-bond donors (Lipinski definition) is 3. The normalized spacial score (nSPS) is 12.1. The van der Waals surface area contributed by atoms with Gasteiger partial charge in [0.1, 0.15) is 0 Å². The maximum absolute atomic E-state index is 6.97. The first kappa shape index (κ1) is 16.5. The maximum atomic E-state index is 6.97. The Morgan fingerprint density at radius 1 is 1.22 bits per heavy atom. The average molecular weight is 309 g/mol. The predicted molar refractivity (Wildman–Crippen MR) is 97.0 cm³/mol. The van der Waals surface area contributed by atoms with Crippen molar-refractivity contribution in [2.45, 2.75) is 26.2 Å². The van der Waals surface area contributed by atoms with Crippen molar-refractivity contribution in [1.82, 2.24) is 9.99 Å². The molecule has 0 unspecified atom stereocenters. The lowest BCUT2D eigenvalue weighted by Crippen LogP contribution is -2.25. The van der Waals surface area contributed by atoms with E-state index in [1.165, 1.54) is 5.56 Å². The van der Waals surface area contributed by atoms with Crippen LogP contribution >= 0.6 is 0 Å². The molecule has 120 valence electrons. The number of allylic oxidation sites excluding steroid dienone is 1. The number of aromatic nitrogens is 1. The summed E-state index contributed by atoms with van der Waals surface area (Å²) in [6.45, 7) is 6.63. The van der Waals surface area contributed by atoms with Crippen LogP contribution in [0.15, 0.2) is 53.9 Å². The molecule has 4 N–H and O–H groups in total. The highest BCUT2D eigenvalue weighted by Crippen LogP contribution is 2.23. The van der Waals surface area contributed by atoms with E-state index in [1.807, 2.05) is 18.3 Å². The van der Waals surface area contributed by atoms with Gasteiger partial charge in [0.15, 0.2) is 0 Å². The molecule has 0 radical (unpaired) electrons. The first-order valence-electron chi connectivity index (χ1n) is 7.45. The summed E-state index contributed by atoms with van der Waals surface area (Å²) in [5.41, 5.74) is 11.2. The minimum absolute atomic E-state index is 0.163. The van der Waals surface area contributed by atoms with Gasteiger partial charge in [0.2, 0.25) is 5.96 Å².